The van der Waals surface area contributed by atoms with Gasteiger partial charge < -0.3 is 9.64 Å². The summed E-state index contributed by atoms with van der Waals surface area (Å²) < 4.78 is 70.6. The number of alkyl halides is 3. The lowest BCUT2D eigenvalue weighted by molar-refractivity contribution is -0.137. The monoisotopic (exact) mass is 442 g/mol. The van der Waals surface area contributed by atoms with Gasteiger partial charge in [0.05, 0.1) is 29.2 Å². The lowest BCUT2D eigenvalue weighted by Gasteiger charge is -2.27. The summed E-state index contributed by atoms with van der Waals surface area (Å²) in [5.41, 5.74) is -0.270. The maximum absolute atomic E-state index is 13.0. The maximum Gasteiger partial charge on any atom is 0.416 e. The maximum atomic E-state index is 13.0. The van der Waals surface area contributed by atoms with E-state index in [9.17, 15) is 26.4 Å². The van der Waals surface area contributed by atoms with Crippen molar-refractivity contribution in [3.63, 3.8) is 0 Å². The van der Waals surface area contributed by atoms with E-state index in [1.807, 2.05) is 0 Å². The number of hydrogen-bond acceptors (Lipinski definition) is 4. The third kappa shape index (κ3) is 4.82. The Bertz CT molecular complexity index is 1000. The van der Waals surface area contributed by atoms with Crippen molar-refractivity contribution in [2.45, 2.75) is 17.6 Å². The van der Waals surface area contributed by atoms with E-state index in [0.29, 0.717) is 5.56 Å². The van der Waals surface area contributed by atoms with Crippen LogP contribution in [0.15, 0.2) is 53.4 Å². The van der Waals surface area contributed by atoms with Crippen LogP contribution in [0.2, 0.25) is 0 Å². The van der Waals surface area contributed by atoms with Gasteiger partial charge in [-0.05, 0) is 29.8 Å². The molecule has 2 aromatic rings. The van der Waals surface area contributed by atoms with Crippen LogP contribution in [0.5, 0.6) is 0 Å². The van der Waals surface area contributed by atoms with Crippen LogP contribution in [0.4, 0.5) is 13.2 Å². The van der Waals surface area contributed by atoms with Crippen LogP contribution in [-0.2, 0) is 27.5 Å². The van der Waals surface area contributed by atoms with Gasteiger partial charge in [0.25, 0.3) is 5.91 Å². The Labute approximate surface area is 172 Å². The van der Waals surface area contributed by atoms with E-state index in [2.05, 4.69) is 0 Å². The van der Waals surface area contributed by atoms with Crippen LogP contribution >= 0.6 is 0 Å². The number of benzene rings is 2. The minimum Gasteiger partial charge on any atom is -0.379 e. The number of halogens is 3. The molecule has 30 heavy (non-hydrogen) atoms. The van der Waals surface area contributed by atoms with Crippen LogP contribution in [0, 0.1) is 0 Å². The second kappa shape index (κ2) is 8.75. The average Bonchev–Trinajstić information content (AvgIpc) is 2.73. The van der Waals surface area contributed by atoms with Gasteiger partial charge in [0, 0.05) is 26.7 Å². The molecule has 1 aliphatic rings. The van der Waals surface area contributed by atoms with Crippen LogP contribution in [0.3, 0.4) is 0 Å². The predicted molar refractivity (Wildman–Crippen MR) is 103 cm³/mol. The third-order valence-electron chi connectivity index (χ3n) is 4.75. The molecule has 0 atom stereocenters. The highest BCUT2D eigenvalue weighted by Crippen LogP contribution is 2.29. The molecule has 162 valence electrons. The molecule has 0 aliphatic carbocycles. The zero-order valence-corrected chi connectivity index (χ0v) is 17.0. The molecule has 0 spiro atoms. The van der Waals surface area contributed by atoms with E-state index in [1.54, 1.807) is 12.1 Å². The van der Waals surface area contributed by atoms with Gasteiger partial charge in [0.15, 0.2) is 0 Å². The zero-order valence-electron chi connectivity index (χ0n) is 16.2. The van der Waals surface area contributed by atoms with Crippen molar-refractivity contribution in [2.24, 2.45) is 0 Å². The molecule has 0 N–H and O–H groups in total. The third-order valence-corrected chi connectivity index (χ3v) is 6.71. The van der Waals surface area contributed by atoms with Crippen molar-refractivity contribution in [3.8, 4) is 0 Å². The molecule has 6 nitrogen and oxygen atoms in total. The number of carbonyl (C=O) groups excluding carboxylic acids is 1. The topological polar surface area (TPSA) is 66.9 Å². The molecule has 0 radical (unpaired) electrons. The van der Waals surface area contributed by atoms with E-state index in [-0.39, 0.29) is 43.3 Å². The van der Waals surface area contributed by atoms with E-state index in [1.165, 1.54) is 40.5 Å². The highest BCUT2D eigenvalue weighted by atomic mass is 32.2. The molecule has 0 aromatic heterocycles. The van der Waals surface area contributed by atoms with Gasteiger partial charge in [-0.15, -0.1) is 0 Å². The molecule has 1 heterocycles. The summed E-state index contributed by atoms with van der Waals surface area (Å²) >= 11 is 0. The van der Waals surface area contributed by atoms with Crippen LogP contribution in [0.1, 0.15) is 21.5 Å². The van der Waals surface area contributed by atoms with E-state index < -0.39 is 27.7 Å². The molecule has 0 bridgehead atoms. The van der Waals surface area contributed by atoms with Gasteiger partial charge in [0.1, 0.15) is 0 Å². The summed E-state index contributed by atoms with van der Waals surface area (Å²) in [6.07, 6.45) is -4.44. The summed E-state index contributed by atoms with van der Waals surface area (Å²) in [7, 11) is -2.41. The lowest BCUT2D eigenvalue weighted by Crippen LogP contribution is -2.41. The summed E-state index contributed by atoms with van der Waals surface area (Å²) in [4.78, 5) is 14.1. The molecule has 1 fully saturated rings. The average molecular weight is 442 g/mol. The summed E-state index contributed by atoms with van der Waals surface area (Å²) in [5.74, 6) is -0.540. The Morgan fingerprint density at radius 3 is 2.27 bits per heavy atom. The molecular weight excluding hydrogens is 421 g/mol. The molecule has 1 amide bonds. The fourth-order valence-electron chi connectivity index (χ4n) is 3.14. The number of hydrogen-bond donors (Lipinski definition) is 0. The standard InChI is InChI=1S/C20H21F3N2O4S/c1-24(14-15-6-8-16(9-7-15)20(21,22)23)19(26)17-4-2-3-5-18(17)30(27,28)25-10-12-29-13-11-25/h2-9H,10-14H2,1H3. The Morgan fingerprint density at radius 1 is 1.07 bits per heavy atom. The minimum atomic E-state index is -4.44. The number of nitrogens with zero attached hydrogens (tertiary/aromatic N) is 2. The Kier molecular flexibility index (Phi) is 6.49. The highest BCUT2D eigenvalue weighted by Gasteiger charge is 2.32. The van der Waals surface area contributed by atoms with Crippen molar-refractivity contribution in [2.75, 3.05) is 33.4 Å². The molecule has 1 saturated heterocycles. The highest BCUT2D eigenvalue weighted by molar-refractivity contribution is 7.89. The van der Waals surface area contributed by atoms with Crippen molar-refractivity contribution < 1.29 is 31.1 Å². The SMILES string of the molecule is CN(Cc1ccc(C(F)(F)F)cc1)C(=O)c1ccccc1S(=O)(=O)N1CCOCC1. The van der Waals surface area contributed by atoms with Gasteiger partial charge in [-0.3, -0.25) is 4.79 Å². The smallest absolute Gasteiger partial charge is 0.379 e. The molecule has 0 unspecified atom stereocenters. The number of sulfonamides is 1. The lowest BCUT2D eigenvalue weighted by atomic mass is 10.1. The molecule has 3 rings (SSSR count). The summed E-state index contributed by atoms with van der Waals surface area (Å²) in [6, 6.07) is 10.4. The Balaban J connectivity index is 1.81. The zero-order chi connectivity index (χ0) is 21.9. The first-order valence-electron chi connectivity index (χ1n) is 9.19. The van der Waals surface area contributed by atoms with Gasteiger partial charge in [-0.2, -0.15) is 17.5 Å². The van der Waals surface area contributed by atoms with Gasteiger partial charge in [-0.25, -0.2) is 8.42 Å². The van der Waals surface area contributed by atoms with E-state index >= 15 is 0 Å². The van der Waals surface area contributed by atoms with Gasteiger partial charge >= 0.3 is 6.18 Å². The molecular formula is C20H21F3N2O4S. The number of amides is 1. The van der Waals surface area contributed by atoms with Crippen molar-refractivity contribution >= 4 is 15.9 Å². The van der Waals surface area contributed by atoms with E-state index in [0.717, 1.165) is 12.1 Å². The fraction of sp³-hybridized carbons (Fsp3) is 0.350. The first-order chi connectivity index (χ1) is 14.1. The second-order valence-corrected chi connectivity index (χ2v) is 8.77. The minimum absolute atomic E-state index is 0.0124. The quantitative estimate of drug-likeness (QED) is 0.714. The molecule has 1 aliphatic heterocycles. The van der Waals surface area contributed by atoms with Crippen LogP contribution in [-0.4, -0.2) is 56.9 Å². The van der Waals surface area contributed by atoms with Crippen molar-refractivity contribution in [3.05, 3.63) is 65.2 Å². The van der Waals surface area contributed by atoms with Gasteiger partial charge in [0.2, 0.25) is 10.0 Å². The van der Waals surface area contributed by atoms with Gasteiger partial charge in [-0.1, -0.05) is 24.3 Å². The van der Waals surface area contributed by atoms with E-state index in [4.69, 9.17) is 4.74 Å². The second-order valence-electron chi connectivity index (χ2n) is 6.87. The normalized spacial score (nSPS) is 15.7. The first-order valence-corrected chi connectivity index (χ1v) is 10.6. The first kappa shape index (κ1) is 22.3. The summed E-state index contributed by atoms with van der Waals surface area (Å²) in [6.45, 7) is 0.994. The summed E-state index contributed by atoms with van der Waals surface area (Å²) in [5, 5.41) is 0. The number of carbonyl (C=O) groups is 1. The Morgan fingerprint density at radius 2 is 1.67 bits per heavy atom. The molecule has 2 aromatic carbocycles. The van der Waals surface area contributed by atoms with Crippen LogP contribution < -0.4 is 0 Å². The number of ether oxygens (including phenoxy) is 1. The fourth-order valence-corrected chi connectivity index (χ4v) is 4.74. The molecule has 10 heteroatoms. The van der Waals surface area contributed by atoms with Crippen molar-refractivity contribution in [1.82, 2.24) is 9.21 Å². The predicted octanol–water partition coefficient (Wildman–Crippen LogP) is 3.00. The largest absolute Gasteiger partial charge is 0.416 e. The number of morpholine rings is 1. The van der Waals surface area contributed by atoms with Crippen LogP contribution in [0.25, 0.3) is 0 Å². The van der Waals surface area contributed by atoms with Crippen molar-refractivity contribution in [1.29, 1.82) is 0 Å². The Hall–Kier alpha value is -2.43. The number of rotatable bonds is 5. The molecule has 0 saturated carbocycles.